The maximum atomic E-state index is 13.3. The van der Waals surface area contributed by atoms with Gasteiger partial charge in [0.15, 0.2) is 0 Å². The summed E-state index contributed by atoms with van der Waals surface area (Å²) in [4.78, 5) is 31.3. The maximum Gasteiger partial charge on any atom is 0.409 e. The van der Waals surface area contributed by atoms with Crippen LogP contribution in [0.15, 0.2) is 24.3 Å². The lowest BCUT2D eigenvalue weighted by Crippen LogP contribution is -2.47. The molecule has 0 saturated carbocycles. The van der Waals surface area contributed by atoms with Crippen LogP contribution >= 0.6 is 0 Å². The standard InChI is InChI=1S/C23H33N3O4/c1-3-30-22(29)25-12-8-17(9-13-25)14-24-11-10-18(15-24)26-20-7-5-4-6-19(20)23(2,16-27)21(26)28/h4-7,17-18,27H,3,8-16H2,1-2H3/t18-,23+/m0/s1. The van der Waals surface area contributed by atoms with Crippen molar-refractivity contribution >= 4 is 17.7 Å². The maximum absolute atomic E-state index is 13.3. The fourth-order valence-electron chi connectivity index (χ4n) is 5.22. The second-order valence-electron chi connectivity index (χ2n) is 9.01. The van der Waals surface area contributed by atoms with Crippen molar-refractivity contribution in [2.75, 3.05) is 50.8 Å². The first-order chi connectivity index (χ1) is 14.5. The third kappa shape index (κ3) is 3.69. The van der Waals surface area contributed by atoms with Crippen LogP contribution in [-0.4, -0.2) is 78.9 Å². The van der Waals surface area contributed by atoms with Crippen LogP contribution in [0.2, 0.25) is 0 Å². The number of hydrogen-bond donors (Lipinski definition) is 1. The van der Waals surface area contributed by atoms with Crippen molar-refractivity contribution < 1.29 is 19.4 Å². The van der Waals surface area contributed by atoms with E-state index in [1.165, 1.54) is 0 Å². The monoisotopic (exact) mass is 415 g/mol. The summed E-state index contributed by atoms with van der Waals surface area (Å²) in [7, 11) is 0. The molecule has 2 saturated heterocycles. The molecule has 164 valence electrons. The zero-order chi connectivity index (χ0) is 21.3. The van der Waals surface area contributed by atoms with Crippen LogP contribution in [0.1, 0.15) is 38.7 Å². The Bertz CT molecular complexity index is 792. The predicted octanol–water partition coefficient (Wildman–Crippen LogP) is 2.23. The van der Waals surface area contributed by atoms with Crippen LogP contribution < -0.4 is 4.90 Å². The molecule has 0 spiro atoms. The Balaban J connectivity index is 1.36. The highest BCUT2D eigenvalue weighted by Crippen LogP contribution is 2.43. The fourth-order valence-corrected chi connectivity index (χ4v) is 5.22. The van der Waals surface area contributed by atoms with Crippen molar-refractivity contribution in [3.8, 4) is 0 Å². The molecule has 0 bridgehead atoms. The van der Waals surface area contributed by atoms with Gasteiger partial charge in [-0.3, -0.25) is 4.79 Å². The van der Waals surface area contributed by atoms with E-state index < -0.39 is 5.41 Å². The largest absolute Gasteiger partial charge is 0.450 e. The molecule has 3 aliphatic rings. The van der Waals surface area contributed by atoms with Crippen molar-refractivity contribution in [1.82, 2.24) is 9.80 Å². The van der Waals surface area contributed by atoms with Gasteiger partial charge in [0.05, 0.1) is 24.7 Å². The molecule has 3 heterocycles. The van der Waals surface area contributed by atoms with Crippen molar-refractivity contribution in [3.63, 3.8) is 0 Å². The third-order valence-electron chi connectivity index (χ3n) is 7.03. The molecule has 1 N–H and O–H groups in total. The smallest absolute Gasteiger partial charge is 0.409 e. The molecule has 7 heteroatoms. The predicted molar refractivity (Wildman–Crippen MR) is 115 cm³/mol. The number of nitrogens with zero attached hydrogens (tertiary/aromatic N) is 3. The third-order valence-corrected chi connectivity index (χ3v) is 7.03. The highest BCUT2D eigenvalue weighted by Gasteiger charge is 2.50. The van der Waals surface area contributed by atoms with E-state index in [9.17, 15) is 14.7 Å². The molecular weight excluding hydrogens is 382 g/mol. The van der Waals surface area contributed by atoms with Gasteiger partial charge in [-0.25, -0.2) is 4.79 Å². The number of aliphatic hydroxyl groups excluding tert-OH is 1. The molecule has 30 heavy (non-hydrogen) atoms. The number of ether oxygens (including phenoxy) is 1. The molecule has 2 atom stereocenters. The Labute approximate surface area is 178 Å². The van der Waals surface area contributed by atoms with Gasteiger partial charge >= 0.3 is 6.09 Å². The van der Waals surface area contributed by atoms with E-state index in [1.54, 1.807) is 0 Å². The first-order valence-electron chi connectivity index (χ1n) is 11.2. The fraction of sp³-hybridized carbons (Fsp3) is 0.652. The van der Waals surface area contributed by atoms with Gasteiger partial charge in [0.2, 0.25) is 5.91 Å². The van der Waals surface area contributed by atoms with E-state index in [1.807, 2.05) is 47.9 Å². The summed E-state index contributed by atoms with van der Waals surface area (Å²) in [5, 5.41) is 9.97. The zero-order valence-electron chi connectivity index (χ0n) is 18.0. The Morgan fingerprint density at radius 1 is 1.20 bits per heavy atom. The lowest BCUT2D eigenvalue weighted by atomic mass is 9.85. The summed E-state index contributed by atoms with van der Waals surface area (Å²) in [6.07, 6.45) is 2.74. The number of fused-ring (bicyclic) bond motifs is 1. The summed E-state index contributed by atoms with van der Waals surface area (Å²) >= 11 is 0. The van der Waals surface area contributed by atoms with E-state index in [-0.39, 0.29) is 24.6 Å². The number of piperidine rings is 1. The van der Waals surface area contributed by atoms with Crippen LogP contribution in [0.3, 0.4) is 0 Å². The summed E-state index contributed by atoms with van der Waals surface area (Å²) in [6, 6.07) is 8.01. The average molecular weight is 416 g/mol. The molecule has 0 aromatic heterocycles. The number of carbonyl (C=O) groups excluding carboxylic acids is 2. The average Bonchev–Trinajstić information content (AvgIpc) is 3.30. The number of anilines is 1. The van der Waals surface area contributed by atoms with E-state index in [0.29, 0.717) is 12.5 Å². The van der Waals surface area contributed by atoms with Crippen molar-refractivity contribution in [1.29, 1.82) is 0 Å². The van der Waals surface area contributed by atoms with Gasteiger partial charge in [0.25, 0.3) is 0 Å². The zero-order valence-corrected chi connectivity index (χ0v) is 18.0. The lowest BCUT2D eigenvalue weighted by Gasteiger charge is -2.33. The van der Waals surface area contributed by atoms with Crippen LogP contribution in [0.5, 0.6) is 0 Å². The first-order valence-corrected chi connectivity index (χ1v) is 11.2. The number of hydrogen-bond acceptors (Lipinski definition) is 5. The topological polar surface area (TPSA) is 73.3 Å². The van der Waals surface area contributed by atoms with E-state index in [0.717, 1.165) is 63.2 Å². The first kappa shape index (κ1) is 21.1. The molecule has 0 aliphatic carbocycles. The van der Waals surface area contributed by atoms with Crippen LogP contribution in [0.25, 0.3) is 0 Å². The van der Waals surface area contributed by atoms with Crippen molar-refractivity contribution in [3.05, 3.63) is 29.8 Å². The van der Waals surface area contributed by atoms with Gasteiger partial charge in [0.1, 0.15) is 0 Å². The molecule has 2 fully saturated rings. The minimum Gasteiger partial charge on any atom is -0.450 e. The van der Waals surface area contributed by atoms with Crippen molar-refractivity contribution in [2.24, 2.45) is 5.92 Å². The van der Waals surface area contributed by atoms with Crippen LogP contribution in [0, 0.1) is 5.92 Å². The SMILES string of the molecule is CCOC(=O)N1CCC(CN2CC[C@H](N3C(=O)[C@](C)(CO)c4ccccc43)C2)CC1. The van der Waals surface area contributed by atoms with Gasteiger partial charge in [-0.1, -0.05) is 18.2 Å². The minimum atomic E-state index is -0.843. The Hall–Kier alpha value is -2.12. The van der Waals surface area contributed by atoms with Gasteiger partial charge < -0.3 is 24.5 Å². The number of likely N-dealkylation sites (tertiary alicyclic amines) is 2. The van der Waals surface area contributed by atoms with E-state index >= 15 is 0 Å². The molecule has 4 rings (SSSR count). The number of rotatable bonds is 5. The van der Waals surface area contributed by atoms with Crippen molar-refractivity contribution in [2.45, 2.75) is 44.6 Å². The summed E-state index contributed by atoms with van der Waals surface area (Å²) in [6.45, 7) is 8.29. The normalized spacial score (nSPS) is 27.6. The molecule has 2 amide bonds. The van der Waals surface area contributed by atoms with E-state index in [2.05, 4.69) is 4.90 Å². The number of carbonyl (C=O) groups is 2. The summed E-state index contributed by atoms with van der Waals surface area (Å²) < 4.78 is 5.11. The summed E-state index contributed by atoms with van der Waals surface area (Å²) in [5.74, 6) is 0.583. The highest BCUT2D eigenvalue weighted by molar-refractivity contribution is 6.08. The second kappa shape index (κ2) is 8.55. The summed E-state index contributed by atoms with van der Waals surface area (Å²) in [5.41, 5.74) is 1.04. The van der Waals surface area contributed by atoms with Gasteiger partial charge in [0, 0.05) is 38.4 Å². The minimum absolute atomic E-state index is 0.0146. The van der Waals surface area contributed by atoms with E-state index in [4.69, 9.17) is 4.74 Å². The lowest BCUT2D eigenvalue weighted by molar-refractivity contribution is -0.124. The number of aliphatic hydroxyl groups is 1. The number of para-hydroxylation sites is 1. The molecule has 0 radical (unpaired) electrons. The van der Waals surface area contributed by atoms with Crippen LogP contribution in [-0.2, 0) is 14.9 Å². The number of amides is 2. The highest BCUT2D eigenvalue weighted by atomic mass is 16.6. The molecular formula is C23H33N3O4. The number of benzene rings is 1. The Morgan fingerprint density at radius 2 is 1.93 bits per heavy atom. The van der Waals surface area contributed by atoms with Crippen LogP contribution in [0.4, 0.5) is 10.5 Å². The molecule has 3 aliphatic heterocycles. The van der Waals surface area contributed by atoms with Gasteiger partial charge in [-0.15, -0.1) is 0 Å². The Kier molecular flexibility index (Phi) is 6.02. The molecule has 7 nitrogen and oxygen atoms in total. The van der Waals surface area contributed by atoms with Gasteiger partial charge in [-0.05, 0) is 50.7 Å². The Morgan fingerprint density at radius 3 is 2.63 bits per heavy atom. The molecule has 1 aromatic carbocycles. The molecule has 1 aromatic rings. The van der Waals surface area contributed by atoms with Gasteiger partial charge in [-0.2, -0.15) is 0 Å². The molecule has 0 unspecified atom stereocenters. The second-order valence-corrected chi connectivity index (χ2v) is 9.01. The quantitative estimate of drug-likeness (QED) is 0.798.